The number of hydrogen-bond acceptors (Lipinski definition) is 1. The quantitative estimate of drug-likeness (QED) is 0.553. The average Bonchev–Trinajstić information content (AvgIpc) is 1.95. The predicted molar refractivity (Wildman–Crippen MR) is 56.4 cm³/mol. The van der Waals surface area contributed by atoms with Gasteiger partial charge in [0.15, 0.2) is 0 Å². The Morgan fingerprint density at radius 1 is 1.08 bits per heavy atom. The second-order valence-electron chi connectivity index (χ2n) is 4.03. The lowest BCUT2D eigenvalue weighted by atomic mass is 10.1. The van der Waals surface area contributed by atoms with Gasteiger partial charge < -0.3 is 4.90 Å². The molecule has 0 bridgehead atoms. The summed E-state index contributed by atoms with van der Waals surface area (Å²) in [4.78, 5) is 2.22. The van der Waals surface area contributed by atoms with Crippen LogP contribution < -0.4 is 0 Å². The highest BCUT2D eigenvalue weighted by molar-refractivity contribution is 4.82. The molecule has 0 fully saturated rings. The Morgan fingerprint density at radius 2 is 1.67 bits per heavy atom. The van der Waals surface area contributed by atoms with Gasteiger partial charge in [0.25, 0.3) is 0 Å². The minimum Gasteiger partial charge on any atom is -0.309 e. The molecule has 0 heterocycles. The molecule has 0 radical (unpaired) electrons. The highest BCUT2D eigenvalue weighted by Gasteiger charge is 1.89. The third kappa shape index (κ3) is 9.70. The fraction of sp³-hybridized carbons (Fsp3) is 0.818. The standard InChI is InChI=1S/C11H23N/c1-11(2)9-7-5-6-8-10-12(3)4/h5-6,11H,7-10H2,1-4H3/b6-5+. The summed E-state index contributed by atoms with van der Waals surface area (Å²) >= 11 is 0. The third-order valence-electron chi connectivity index (χ3n) is 1.82. The van der Waals surface area contributed by atoms with Crippen molar-refractivity contribution in [2.45, 2.75) is 33.1 Å². The molecule has 0 amide bonds. The first-order valence-corrected chi connectivity index (χ1v) is 4.92. The summed E-state index contributed by atoms with van der Waals surface area (Å²) < 4.78 is 0. The Balaban J connectivity index is 3.15. The van der Waals surface area contributed by atoms with Crippen LogP contribution in [0.1, 0.15) is 33.1 Å². The summed E-state index contributed by atoms with van der Waals surface area (Å²) in [5.41, 5.74) is 0. The summed E-state index contributed by atoms with van der Waals surface area (Å²) in [7, 11) is 4.23. The van der Waals surface area contributed by atoms with E-state index in [1.807, 2.05) is 0 Å². The molecule has 0 aromatic carbocycles. The molecule has 12 heavy (non-hydrogen) atoms. The average molecular weight is 169 g/mol. The van der Waals surface area contributed by atoms with Crippen LogP contribution in [0.15, 0.2) is 12.2 Å². The van der Waals surface area contributed by atoms with E-state index < -0.39 is 0 Å². The Kier molecular flexibility index (Phi) is 7.17. The van der Waals surface area contributed by atoms with E-state index in [1.54, 1.807) is 0 Å². The minimum atomic E-state index is 0.837. The van der Waals surface area contributed by atoms with Crippen molar-refractivity contribution in [3.05, 3.63) is 12.2 Å². The smallest absolute Gasteiger partial charge is 0.000980 e. The molecule has 0 aliphatic rings. The molecule has 0 atom stereocenters. The van der Waals surface area contributed by atoms with Crippen molar-refractivity contribution in [1.82, 2.24) is 4.90 Å². The maximum Gasteiger partial charge on any atom is 0.000980 e. The van der Waals surface area contributed by atoms with Gasteiger partial charge in [-0.3, -0.25) is 0 Å². The van der Waals surface area contributed by atoms with Crippen LogP contribution in [0.2, 0.25) is 0 Å². The minimum absolute atomic E-state index is 0.837. The van der Waals surface area contributed by atoms with Crippen molar-refractivity contribution < 1.29 is 0 Å². The van der Waals surface area contributed by atoms with Gasteiger partial charge in [-0.2, -0.15) is 0 Å². The molecule has 0 aliphatic heterocycles. The van der Waals surface area contributed by atoms with Crippen molar-refractivity contribution in [2.24, 2.45) is 5.92 Å². The molecule has 0 aromatic heterocycles. The highest BCUT2D eigenvalue weighted by atomic mass is 15.0. The van der Waals surface area contributed by atoms with Crippen LogP contribution in [0.25, 0.3) is 0 Å². The maximum absolute atomic E-state index is 2.31. The normalized spacial score (nSPS) is 12.2. The lowest BCUT2D eigenvalue weighted by molar-refractivity contribution is 0.417. The third-order valence-corrected chi connectivity index (χ3v) is 1.82. The number of rotatable bonds is 6. The molecule has 0 N–H and O–H groups in total. The van der Waals surface area contributed by atoms with E-state index in [0.29, 0.717) is 0 Å². The van der Waals surface area contributed by atoms with Gasteiger partial charge in [-0.15, -0.1) is 0 Å². The molecule has 0 aromatic rings. The van der Waals surface area contributed by atoms with Gasteiger partial charge in [0, 0.05) is 6.54 Å². The van der Waals surface area contributed by atoms with Gasteiger partial charge in [-0.05, 0) is 39.3 Å². The summed E-state index contributed by atoms with van der Waals surface area (Å²) in [5.74, 6) is 0.837. The van der Waals surface area contributed by atoms with Gasteiger partial charge in [-0.25, -0.2) is 0 Å². The topological polar surface area (TPSA) is 3.24 Å². The molecule has 0 unspecified atom stereocenters. The Morgan fingerprint density at radius 3 is 2.17 bits per heavy atom. The number of hydrogen-bond donors (Lipinski definition) is 0. The van der Waals surface area contributed by atoms with Crippen LogP contribution in [-0.4, -0.2) is 25.5 Å². The zero-order valence-electron chi connectivity index (χ0n) is 9.01. The summed E-state index contributed by atoms with van der Waals surface area (Å²) in [6, 6.07) is 0. The molecule has 0 rings (SSSR count). The van der Waals surface area contributed by atoms with Gasteiger partial charge >= 0.3 is 0 Å². The predicted octanol–water partition coefficient (Wildman–Crippen LogP) is 2.93. The summed E-state index contributed by atoms with van der Waals surface area (Å²) in [6.45, 7) is 5.71. The zero-order valence-corrected chi connectivity index (χ0v) is 9.01. The lowest BCUT2D eigenvalue weighted by Crippen LogP contribution is -2.11. The van der Waals surface area contributed by atoms with Crippen LogP contribution >= 0.6 is 0 Å². The summed E-state index contributed by atoms with van der Waals surface area (Å²) in [6.07, 6.45) is 8.35. The van der Waals surface area contributed by atoms with E-state index in [-0.39, 0.29) is 0 Å². The molecule has 0 saturated heterocycles. The molecule has 72 valence electrons. The molecule has 0 aliphatic carbocycles. The van der Waals surface area contributed by atoms with Crippen molar-refractivity contribution in [3.63, 3.8) is 0 Å². The largest absolute Gasteiger partial charge is 0.309 e. The van der Waals surface area contributed by atoms with Crippen molar-refractivity contribution in [2.75, 3.05) is 20.6 Å². The van der Waals surface area contributed by atoms with Crippen LogP contribution in [-0.2, 0) is 0 Å². The Hall–Kier alpha value is -0.300. The fourth-order valence-electron chi connectivity index (χ4n) is 0.998. The zero-order chi connectivity index (χ0) is 9.40. The monoisotopic (exact) mass is 169 g/mol. The van der Waals surface area contributed by atoms with Crippen LogP contribution in [0.4, 0.5) is 0 Å². The summed E-state index contributed by atoms with van der Waals surface area (Å²) in [5, 5.41) is 0. The molecular weight excluding hydrogens is 146 g/mol. The number of allylic oxidation sites excluding steroid dienone is 1. The van der Waals surface area contributed by atoms with Crippen LogP contribution in [0.3, 0.4) is 0 Å². The second-order valence-corrected chi connectivity index (χ2v) is 4.03. The lowest BCUT2D eigenvalue weighted by Gasteiger charge is -2.05. The van der Waals surface area contributed by atoms with E-state index in [2.05, 4.69) is 45.0 Å². The van der Waals surface area contributed by atoms with E-state index in [9.17, 15) is 0 Å². The van der Waals surface area contributed by atoms with Gasteiger partial charge in [0.05, 0.1) is 0 Å². The highest BCUT2D eigenvalue weighted by Crippen LogP contribution is 2.03. The molecular formula is C11H23N. The first-order valence-electron chi connectivity index (χ1n) is 4.92. The molecule has 1 nitrogen and oxygen atoms in total. The Bertz CT molecular complexity index is 100. The molecule has 0 spiro atoms. The first kappa shape index (κ1) is 11.7. The maximum atomic E-state index is 2.31. The van der Waals surface area contributed by atoms with Crippen molar-refractivity contribution in [3.8, 4) is 0 Å². The van der Waals surface area contributed by atoms with E-state index in [0.717, 1.165) is 12.5 Å². The van der Waals surface area contributed by atoms with Crippen molar-refractivity contribution in [1.29, 1.82) is 0 Å². The SMILES string of the molecule is CC(C)CC/C=C/CCN(C)C. The van der Waals surface area contributed by atoms with Gasteiger partial charge in [0.2, 0.25) is 0 Å². The molecule has 1 heteroatoms. The van der Waals surface area contributed by atoms with Crippen LogP contribution in [0, 0.1) is 5.92 Å². The van der Waals surface area contributed by atoms with Gasteiger partial charge in [-0.1, -0.05) is 26.0 Å². The van der Waals surface area contributed by atoms with E-state index in [1.165, 1.54) is 19.3 Å². The van der Waals surface area contributed by atoms with E-state index in [4.69, 9.17) is 0 Å². The second kappa shape index (κ2) is 7.35. The fourth-order valence-corrected chi connectivity index (χ4v) is 0.998. The molecule has 0 saturated carbocycles. The van der Waals surface area contributed by atoms with Gasteiger partial charge in [0.1, 0.15) is 0 Å². The van der Waals surface area contributed by atoms with E-state index >= 15 is 0 Å². The Labute approximate surface area is 77.5 Å². The first-order chi connectivity index (χ1) is 5.63. The van der Waals surface area contributed by atoms with Crippen molar-refractivity contribution >= 4 is 0 Å². The van der Waals surface area contributed by atoms with Crippen LogP contribution in [0.5, 0.6) is 0 Å². The number of nitrogens with zero attached hydrogens (tertiary/aromatic N) is 1.